The lowest BCUT2D eigenvalue weighted by Crippen LogP contribution is -2.40. The molecule has 118 valence electrons. The van der Waals surface area contributed by atoms with Gasteiger partial charge in [0.15, 0.2) is 0 Å². The zero-order valence-electron chi connectivity index (χ0n) is 13.3. The van der Waals surface area contributed by atoms with Crippen molar-refractivity contribution in [3.05, 3.63) is 23.9 Å². The number of ether oxygens (including phenoxy) is 1. The van der Waals surface area contributed by atoms with Crippen LogP contribution in [-0.4, -0.2) is 40.3 Å². The van der Waals surface area contributed by atoms with Crippen LogP contribution in [0, 0.1) is 6.92 Å². The Morgan fingerprint density at radius 1 is 1.18 bits per heavy atom. The topological polar surface area (TPSA) is 41.1 Å². The standard InChI is InChI=1S/C18H25N3O/c1-13-16-12-19-20-17(16)7-8-18(13)22-15-6-4-5-14(11-15)21-9-2-3-10-21/h7-8,12,14-15H,2-6,9-11H2,1H3,(H,19,20)/t14-,15+/m0/s1. The molecule has 0 radical (unpaired) electrons. The summed E-state index contributed by atoms with van der Waals surface area (Å²) >= 11 is 0. The third-order valence-electron chi connectivity index (χ3n) is 5.39. The van der Waals surface area contributed by atoms with Gasteiger partial charge in [0, 0.05) is 17.0 Å². The summed E-state index contributed by atoms with van der Waals surface area (Å²) in [6.07, 6.45) is 10.0. The van der Waals surface area contributed by atoms with Crippen molar-refractivity contribution in [2.45, 2.75) is 57.6 Å². The second kappa shape index (κ2) is 5.92. The molecule has 0 bridgehead atoms. The van der Waals surface area contributed by atoms with E-state index in [0.717, 1.165) is 17.3 Å². The van der Waals surface area contributed by atoms with Crippen LogP contribution in [-0.2, 0) is 0 Å². The molecule has 1 saturated heterocycles. The largest absolute Gasteiger partial charge is 0.490 e. The minimum atomic E-state index is 0.363. The summed E-state index contributed by atoms with van der Waals surface area (Å²) in [6.45, 7) is 4.71. The molecule has 1 aromatic heterocycles. The number of aromatic nitrogens is 2. The Morgan fingerprint density at radius 3 is 2.91 bits per heavy atom. The van der Waals surface area contributed by atoms with E-state index in [-0.39, 0.29) is 0 Å². The fourth-order valence-corrected chi connectivity index (χ4v) is 4.11. The summed E-state index contributed by atoms with van der Waals surface area (Å²) in [6, 6.07) is 4.90. The zero-order chi connectivity index (χ0) is 14.9. The van der Waals surface area contributed by atoms with Gasteiger partial charge in [-0.1, -0.05) is 0 Å². The van der Waals surface area contributed by atoms with E-state index in [9.17, 15) is 0 Å². The van der Waals surface area contributed by atoms with E-state index in [1.165, 1.54) is 62.6 Å². The van der Waals surface area contributed by atoms with Gasteiger partial charge in [-0.15, -0.1) is 0 Å². The molecule has 2 heterocycles. The van der Waals surface area contributed by atoms with E-state index in [1.54, 1.807) is 0 Å². The maximum atomic E-state index is 6.39. The Labute approximate surface area is 131 Å². The van der Waals surface area contributed by atoms with E-state index < -0.39 is 0 Å². The minimum absolute atomic E-state index is 0.363. The Kier molecular flexibility index (Phi) is 3.78. The molecule has 2 aromatic rings. The monoisotopic (exact) mass is 299 g/mol. The van der Waals surface area contributed by atoms with Crippen LogP contribution in [0.2, 0.25) is 0 Å². The van der Waals surface area contributed by atoms with Crippen LogP contribution in [0.1, 0.15) is 44.1 Å². The third-order valence-corrected chi connectivity index (χ3v) is 5.39. The molecule has 4 nitrogen and oxygen atoms in total. The smallest absolute Gasteiger partial charge is 0.123 e. The predicted molar refractivity (Wildman–Crippen MR) is 88.3 cm³/mol. The Morgan fingerprint density at radius 2 is 2.05 bits per heavy atom. The lowest BCUT2D eigenvalue weighted by atomic mass is 9.91. The maximum Gasteiger partial charge on any atom is 0.123 e. The number of hydrogen-bond acceptors (Lipinski definition) is 3. The summed E-state index contributed by atoms with van der Waals surface area (Å²) in [5, 5.41) is 8.32. The molecule has 0 unspecified atom stereocenters. The number of H-pyrrole nitrogens is 1. The van der Waals surface area contributed by atoms with Crippen LogP contribution in [0.15, 0.2) is 18.3 Å². The molecule has 1 aliphatic heterocycles. The molecule has 2 fully saturated rings. The number of aromatic amines is 1. The molecule has 1 aromatic carbocycles. The van der Waals surface area contributed by atoms with Crippen molar-refractivity contribution in [1.29, 1.82) is 0 Å². The molecule has 1 N–H and O–H groups in total. The molecule has 0 amide bonds. The number of rotatable bonds is 3. The highest BCUT2D eigenvalue weighted by Gasteiger charge is 2.29. The maximum absolute atomic E-state index is 6.39. The number of aryl methyl sites for hydroxylation is 1. The Hall–Kier alpha value is -1.55. The molecule has 2 atom stereocenters. The van der Waals surface area contributed by atoms with Crippen molar-refractivity contribution in [2.24, 2.45) is 0 Å². The number of likely N-dealkylation sites (tertiary alicyclic amines) is 1. The molecule has 2 aliphatic rings. The van der Waals surface area contributed by atoms with E-state index in [0.29, 0.717) is 6.10 Å². The van der Waals surface area contributed by atoms with Gasteiger partial charge in [0.25, 0.3) is 0 Å². The van der Waals surface area contributed by atoms with Crippen molar-refractivity contribution >= 4 is 10.9 Å². The average Bonchev–Trinajstić information content (AvgIpc) is 3.21. The van der Waals surface area contributed by atoms with Crippen LogP contribution >= 0.6 is 0 Å². The van der Waals surface area contributed by atoms with Crippen molar-refractivity contribution in [1.82, 2.24) is 15.1 Å². The first-order chi connectivity index (χ1) is 10.8. The lowest BCUT2D eigenvalue weighted by Gasteiger charge is -2.35. The molecular weight excluding hydrogens is 274 g/mol. The van der Waals surface area contributed by atoms with Crippen LogP contribution < -0.4 is 4.74 Å². The van der Waals surface area contributed by atoms with Crippen molar-refractivity contribution < 1.29 is 4.74 Å². The molecule has 1 aliphatic carbocycles. The van der Waals surface area contributed by atoms with Gasteiger partial charge >= 0.3 is 0 Å². The molecule has 0 spiro atoms. The highest BCUT2D eigenvalue weighted by Crippen LogP contribution is 2.32. The second-order valence-corrected chi connectivity index (χ2v) is 6.82. The number of hydrogen-bond donors (Lipinski definition) is 1. The normalized spacial score (nSPS) is 26.6. The van der Waals surface area contributed by atoms with Gasteiger partial charge in [0.05, 0.1) is 11.7 Å². The first kappa shape index (κ1) is 14.1. The number of nitrogens with one attached hydrogen (secondary N) is 1. The van der Waals surface area contributed by atoms with Gasteiger partial charge in [0.1, 0.15) is 11.9 Å². The Balaban J connectivity index is 1.48. The van der Waals surface area contributed by atoms with Gasteiger partial charge in [-0.05, 0) is 70.7 Å². The number of fused-ring (bicyclic) bond motifs is 1. The fourth-order valence-electron chi connectivity index (χ4n) is 4.11. The Bertz CT molecular complexity index is 645. The molecule has 1 saturated carbocycles. The van der Waals surface area contributed by atoms with Gasteiger partial charge in [0.2, 0.25) is 0 Å². The summed E-state index contributed by atoms with van der Waals surface area (Å²) in [7, 11) is 0. The summed E-state index contributed by atoms with van der Waals surface area (Å²) < 4.78 is 6.39. The highest BCUT2D eigenvalue weighted by atomic mass is 16.5. The van der Waals surface area contributed by atoms with E-state index in [4.69, 9.17) is 4.74 Å². The predicted octanol–water partition coefficient (Wildman–Crippen LogP) is 3.66. The van der Waals surface area contributed by atoms with Gasteiger partial charge in [-0.3, -0.25) is 5.10 Å². The number of nitrogens with zero attached hydrogens (tertiary/aromatic N) is 2. The van der Waals surface area contributed by atoms with Gasteiger partial charge in [-0.25, -0.2) is 0 Å². The first-order valence-electron chi connectivity index (χ1n) is 8.64. The summed E-state index contributed by atoms with van der Waals surface area (Å²) in [4.78, 5) is 2.68. The number of benzene rings is 1. The summed E-state index contributed by atoms with van der Waals surface area (Å²) in [5.74, 6) is 1.03. The molecular formula is C18H25N3O. The molecule has 22 heavy (non-hydrogen) atoms. The van der Waals surface area contributed by atoms with Crippen LogP contribution in [0.3, 0.4) is 0 Å². The molecule has 4 heteroatoms. The summed E-state index contributed by atoms with van der Waals surface area (Å²) in [5.41, 5.74) is 2.29. The zero-order valence-corrected chi connectivity index (χ0v) is 13.3. The van der Waals surface area contributed by atoms with Gasteiger partial charge < -0.3 is 9.64 Å². The van der Waals surface area contributed by atoms with Crippen molar-refractivity contribution in [3.8, 4) is 5.75 Å². The molecule has 4 rings (SSSR count). The second-order valence-electron chi connectivity index (χ2n) is 6.82. The van der Waals surface area contributed by atoms with Crippen LogP contribution in [0.25, 0.3) is 10.9 Å². The van der Waals surface area contributed by atoms with Crippen molar-refractivity contribution in [2.75, 3.05) is 13.1 Å². The average molecular weight is 299 g/mol. The fraction of sp³-hybridized carbons (Fsp3) is 0.611. The first-order valence-corrected chi connectivity index (χ1v) is 8.64. The lowest BCUT2D eigenvalue weighted by molar-refractivity contribution is 0.0882. The minimum Gasteiger partial charge on any atom is -0.490 e. The SMILES string of the molecule is Cc1c(O[C@@H]2CCC[C@H](N3CCCC3)C2)ccc2[nH]ncc12. The quantitative estimate of drug-likeness (QED) is 0.940. The van der Waals surface area contributed by atoms with Crippen LogP contribution in [0.4, 0.5) is 0 Å². The van der Waals surface area contributed by atoms with Crippen LogP contribution in [0.5, 0.6) is 5.75 Å². The highest BCUT2D eigenvalue weighted by molar-refractivity contribution is 5.83. The third kappa shape index (κ3) is 2.60. The van der Waals surface area contributed by atoms with E-state index in [1.807, 2.05) is 6.20 Å². The van der Waals surface area contributed by atoms with E-state index in [2.05, 4.69) is 34.2 Å². The van der Waals surface area contributed by atoms with Gasteiger partial charge in [-0.2, -0.15) is 5.10 Å². The van der Waals surface area contributed by atoms with Crippen molar-refractivity contribution in [3.63, 3.8) is 0 Å². The van der Waals surface area contributed by atoms with E-state index >= 15 is 0 Å².